The number of carbonyl (C=O) groups is 1. The van der Waals surface area contributed by atoms with Gasteiger partial charge >= 0.3 is 0 Å². The SMILES string of the molecule is CCNC(=O)c1ccc(C)c(NC2CCS(=O)CC2)c1. The van der Waals surface area contributed by atoms with Crippen LogP contribution in [0.2, 0.25) is 0 Å². The highest BCUT2D eigenvalue weighted by molar-refractivity contribution is 7.85. The number of benzene rings is 1. The molecule has 0 spiro atoms. The maximum atomic E-state index is 11.9. The normalized spacial score (nSPS) is 22.3. The molecule has 5 heteroatoms. The van der Waals surface area contributed by atoms with Crippen LogP contribution in [0.1, 0.15) is 35.7 Å². The highest BCUT2D eigenvalue weighted by atomic mass is 32.2. The summed E-state index contributed by atoms with van der Waals surface area (Å²) in [4.78, 5) is 11.9. The van der Waals surface area contributed by atoms with Gasteiger partial charge in [0, 0.05) is 46.1 Å². The van der Waals surface area contributed by atoms with Crippen LogP contribution >= 0.6 is 0 Å². The van der Waals surface area contributed by atoms with Gasteiger partial charge in [-0.15, -0.1) is 0 Å². The first kappa shape index (κ1) is 15.0. The van der Waals surface area contributed by atoms with E-state index in [9.17, 15) is 9.00 Å². The van der Waals surface area contributed by atoms with Crippen molar-refractivity contribution in [2.24, 2.45) is 0 Å². The van der Waals surface area contributed by atoms with Crippen molar-refractivity contribution < 1.29 is 9.00 Å². The molecule has 1 aromatic rings. The number of carbonyl (C=O) groups excluding carboxylic acids is 1. The van der Waals surface area contributed by atoms with Gasteiger partial charge in [-0.25, -0.2) is 0 Å². The van der Waals surface area contributed by atoms with E-state index in [4.69, 9.17) is 0 Å². The lowest BCUT2D eigenvalue weighted by atomic mass is 10.1. The Morgan fingerprint density at radius 2 is 2.05 bits per heavy atom. The van der Waals surface area contributed by atoms with Crippen molar-refractivity contribution in [1.29, 1.82) is 0 Å². The second-order valence-corrected chi connectivity index (χ2v) is 6.85. The summed E-state index contributed by atoms with van der Waals surface area (Å²) in [7, 11) is -0.643. The van der Waals surface area contributed by atoms with Gasteiger partial charge in [-0.1, -0.05) is 6.07 Å². The van der Waals surface area contributed by atoms with Crippen molar-refractivity contribution in [2.75, 3.05) is 23.4 Å². The van der Waals surface area contributed by atoms with Crippen LogP contribution in [-0.2, 0) is 10.8 Å². The van der Waals surface area contributed by atoms with Gasteiger partial charge in [-0.3, -0.25) is 9.00 Å². The molecular formula is C15H22N2O2S. The van der Waals surface area contributed by atoms with E-state index >= 15 is 0 Å². The molecule has 1 saturated heterocycles. The summed E-state index contributed by atoms with van der Waals surface area (Å²) in [5.74, 6) is 1.50. The van der Waals surface area contributed by atoms with Gasteiger partial charge in [0.05, 0.1) is 0 Å². The molecule has 20 heavy (non-hydrogen) atoms. The lowest BCUT2D eigenvalue weighted by Gasteiger charge is -2.24. The minimum absolute atomic E-state index is 0.0414. The van der Waals surface area contributed by atoms with E-state index in [0.717, 1.165) is 35.6 Å². The van der Waals surface area contributed by atoms with Gasteiger partial charge in [-0.05, 0) is 44.4 Å². The second-order valence-electron chi connectivity index (χ2n) is 5.16. The Morgan fingerprint density at radius 1 is 1.35 bits per heavy atom. The number of hydrogen-bond acceptors (Lipinski definition) is 3. The lowest BCUT2D eigenvalue weighted by Crippen LogP contribution is -2.30. The Hall–Kier alpha value is -1.36. The fraction of sp³-hybridized carbons (Fsp3) is 0.533. The molecule has 110 valence electrons. The van der Waals surface area contributed by atoms with E-state index < -0.39 is 10.8 Å². The highest BCUT2D eigenvalue weighted by Gasteiger charge is 2.18. The smallest absolute Gasteiger partial charge is 0.251 e. The molecule has 2 N–H and O–H groups in total. The molecule has 0 bridgehead atoms. The quantitative estimate of drug-likeness (QED) is 0.894. The lowest BCUT2D eigenvalue weighted by molar-refractivity contribution is 0.0956. The van der Waals surface area contributed by atoms with Gasteiger partial charge in [-0.2, -0.15) is 0 Å². The summed E-state index contributed by atoms with van der Waals surface area (Å²) < 4.78 is 11.4. The number of nitrogens with one attached hydrogen (secondary N) is 2. The second kappa shape index (κ2) is 6.88. The predicted molar refractivity (Wildman–Crippen MR) is 83.7 cm³/mol. The maximum Gasteiger partial charge on any atom is 0.251 e. The molecule has 1 amide bonds. The van der Waals surface area contributed by atoms with E-state index in [-0.39, 0.29) is 5.91 Å². The van der Waals surface area contributed by atoms with E-state index in [1.165, 1.54) is 0 Å². The van der Waals surface area contributed by atoms with Crippen LogP contribution in [0.3, 0.4) is 0 Å². The molecule has 0 saturated carbocycles. The van der Waals surface area contributed by atoms with E-state index in [0.29, 0.717) is 18.2 Å². The summed E-state index contributed by atoms with van der Waals surface area (Å²) in [5, 5.41) is 6.30. The van der Waals surface area contributed by atoms with Crippen LogP contribution in [0.25, 0.3) is 0 Å². The molecule has 1 aromatic carbocycles. The average molecular weight is 294 g/mol. The van der Waals surface area contributed by atoms with Gasteiger partial charge in [0.1, 0.15) is 0 Å². The molecule has 2 rings (SSSR count). The van der Waals surface area contributed by atoms with Gasteiger partial charge in [0.25, 0.3) is 5.91 Å². The molecule has 0 radical (unpaired) electrons. The predicted octanol–water partition coefficient (Wildman–Crippen LogP) is 2.07. The highest BCUT2D eigenvalue weighted by Crippen LogP contribution is 2.21. The Morgan fingerprint density at radius 3 is 2.70 bits per heavy atom. The third-order valence-corrected chi connectivity index (χ3v) is 4.97. The monoisotopic (exact) mass is 294 g/mol. The van der Waals surface area contributed by atoms with Crippen molar-refractivity contribution in [3.63, 3.8) is 0 Å². The maximum absolute atomic E-state index is 11.9. The Kier molecular flexibility index (Phi) is 5.17. The number of hydrogen-bond donors (Lipinski definition) is 2. The zero-order valence-corrected chi connectivity index (χ0v) is 12.9. The molecule has 0 unspecified atom stereocenters. The third-order valence-electron chi connectivity index (χ3n) is 3.58. The Balaban J connectivity index is 2.08. The molecule has 0 atom stereocenters. The fourth-order valence-electron chi connectivity index (χ4n) is 2.34. The van der Waals surface area contributed by atoms with Crippen molar-refractivity contribution in [2.45, 2.75) is 32.7 Å². The molecular weight excluding hydrogens is 272 g/mol. The first-order chi connectivity index (χ1) is 9.60. The largest absolute Gasteiger partial charge is 0.382 e. The zero-order chi connectivity index (χ0) is 14.5. The first-order valence-corrected chi connectivity index (χ1v) is 8.59. The molecule has 0 aliphatic carbocycles. The summed E-state index contributed by atoms with van der Waals surface area (Å²) in [5.41, 5.74) is 2.82. The number of rotatable bonds is 4. The van der Waals surface area contributed by atoms with Gasteiger partial charge in [0.15, 0.2) is 0 Å². The van der Waals surface area contributed by atoms with Crippen LogP contribution in [0.4, 0.5) is 5.69 Å². The summed E-state index contributed by atoms with van der Waals surface area (Å²) >= 11 is 0. The van der Waals surface area contributed by atoms with Crippen molar-refractivity contribution >= 4 is 22.4 Å². The first-order valence-electron chi connectivity index (χ1n) is 7.10. The molecule has 1 heterocycles. The number of aryl methyl sites for hydroxylation is 1. The molecule has 1 aliphatic heterocycles. The standard InChI is InChI=1S/C15H22N2O2S/c1-3-16-15(18)12-5-4-11(2)14(10-12)17-13-6-8-20(19)9-7-13/h4-5,10,13,17H,3,6-9H2,1-2H3,(H,16,18). The van der Waals surface area contributed by atoms with Crippen LogP contribution in [0.5, 0.6) is 0 Å². The van der Waals surface area contributed by atoms with Crippen molar-refractivity contribution in [1.82, 2.24) is 5.32 Å². The Bertz CT molecular complexity index is 507. The molecule has 4 nitrogen and oxygen atoms in total. The summed E-state index contributed by atoms with van der Waals surface area (Å²) in [6, 6.07) is 6.08. The van der Waals surface area contributed by atoms with Crippen LogP contribution < -0.4 is 10.6 Å². The minimum atomic E-state index is -0.643. The molecule has 0 aromatic heterocycles. The number of anilines is 1. The minimum Gasteiger partial charge on any atom is -0.382 e. The summed E-state index contributed by atoms with van der Waals surface area (Å²) in [6.45, 7) is 4.57. The zero-order valence-electron chi connectivity index (χ0n) is 12.1. The number of amides is 1. The average Bonchev–Trinajstić information content (AvgIpc) is 2.44. The fourth-order valence-corrected chi connectivity index (χ4v) is 3.64. The van der Waals surface area contributed by atoms with Crippen LogP contribution in [0, 0.1) is 6.92 Å². The van der Waals surface area contributed by atoms with Gasteiger partial charge < -0.3 is 10.6 Å². The Labute approximate surface area is 122 Å². The topological polar surface area (TPSA) is 58.2 Å². The van der Waals surface area contributed by atoms with Crippen LogP contribution in [0.15, 0.2) is 18.2 Å². The third kappa shape index (κ3) is 3.82. The van der Waals surface area contributed by atoms with Crippen LogP contribution in [-0.4, -0.2) is 34.2 Å². The molecule has 1 fully saturated rings. The van der Waals surface area contributed by atoms with Gasteiger partial charge in [0.2, 0.25) is 0 Å². The summed E-state index contributed by atoms with van der Waals surface area (Å²) in [6.07, 6.45) is 1.86. The van der Waals surface area contributed by atoms with E-state index in [1.54, 1.807) is 0 Å². The molecule has 1 aliphatic rings. The van der Waals surface area contributed by atoms with E-state index in [1.807, 2.05) is 32.0 Å². The van der Waals surface area contributed by atoms with E-state index in [2.05, 4.69) is 10.6 Å². The van der Waals surface area contributed by atoms with Crippen molar-refractivity contribution in [3.8, 4) is 0 Å². The van der Waals surface area contributed by atoms with Crippen molar-refractivity contribution in [3.05, 3.63) is 29.3 Å².